The molecule has 0 aliphatic carbocycles. The van der Waals surface area contributed by atoms with Crippen molar-refractivity contribution >= 4 is 54.8 Å². The fourth-order valence-corrected chi connectivity index (χ4v) is 5.69. The number of carbonyl (C=O) groups excluding carboxylic acids is 2. The number of pyridine rings is 1. The van der Waals surface area contributed by atoms with E-state index >= 15 is 0 Å². The van der Waals surface area contributed by atoms with Crippen LogP contribution in [0.4, 0.5) is 29.3 Å². The van der Waals surface area contributed by atoms with Gasteiger partial charge in [0.05, 0.1) is 33.9 Å². The largest absolute Gasteiger partial charge is 0.501 e. The van der Waals surface area contributed by atoms with E-state index in [4.69, 9.17) is 11.6 Å². The number of aromatic nitrogens is 1. The van der Waals surface area contributed by atoms with Crippen molar-refractivity contribution in [2.75, 3.05) is 9.62 Å². The Kier molecular flexibility index (Phi) is 7.35. The highest BCUT2D eigenvalue weighted by Crippen LogP contribution is 2.33. The van der Waals surface area contributed by atoms with Crippen molar-refractivity contribution in [2.24, 2.45) is 0 Å². The van der Waals surface area contributed by atoms with Gasteiger partial charge in [-0.25, -0.2) is 26.5 Å². The maximum absolute atomic E-state index is 13.2. The first-order valence-electron chi connectivity index (χ1n) is 10.9. The summed E-state index contributed by atoms with van der Waals surface area (Å²) in [4.78, 5) is 30.7. The Morgan fingerprint density at radius 1 is 0.949 bits per heavy atom. The minimum Gasteiger partial charge on any atom is -0.308 e. The van der Waals surface area contributed by atoms with Crippen LogP contribution in [0, 0.1) is 0 Å². The Morgan fingerprint density at radius 2 is 1.54 bits per heavy atom. The van der Waals surface area contributed by atoms with Gasteiger partial charge in [0.25, 0.3) is 25.8 Å². The van der Waals surface area contributed by atoms with Crippen molar-refractivity contribution in [3.63, 3.8) is 0 Å². The maximum atomic E-state index is 13.2. The predicted molar refractivity (Wildman–Crippen MR) is 134 cm³/mol. The molecule has 10 nitrogen and oxygen atoms in total. The first-order valence-corrected chi connectivity index (χ1v) is 14.2. The van der Waals surface area contributed by atoms with Gasteiger partial charge in [0.1, 0.15) is 6.04 Å². The van der Waals surface area contributed by atoms with Crippen molar-refractivity contribution in [3.8, 4) is 0 Å². The third-order valence-corrected chi connectivity index (χ3v) is 8.95. The summed E-state index contributed by atoms with van der Waals surface area (Å²) in [6.45, 7) is 1.19. The highest BCUT2D eigenvalue weighted by atomic mass is 35.5. The molecule has 1 saturated heterocycles. The number of rotatable bonds is 7. The van der Waals surface area contributed by atoms with Crippen LogP contribution in [0.3, 0.4) is 0 Å². The molecule has 4 rings (SSSR count). The molecule has 1 unspecified atom stereocenters. The van der Waals surface area contributed by atoms with E-state index in [2.05, 4.69) is 9.71 Å². The minimum absolute atomic E-state index is 0.0417. The molecule has 2 aromatic carbocycles. The lowest BCUT2D eigenvalue weighted by molar-refractivity contribution is -0.119. The molecule has 2 heterocycles. The number of nitrogens with one attached hydrogen (secondary N) is 1. The third-order valence-electron chi connectivity index (χ3n) is 5.81. The maximum Gasteiger partial charge on any atom is 0.501 e. The SMILES string of the molecule is CC1C(=O)N(c2ccc(S(=O)(=O)C(F)(F)F)cc2)C(=O)N1Cc1ccncc1NS(=O)(=O)c1ccc(Cl)cc1. The number of anilines is 2. The van der Waals surface area contributed by atoms with Crippen molar-refractivity contribution < 1.29 is 39.6 Å². The predicted octanol–water partition coefficient (Wildman–Crippen LogP) is 4.19. The molecule has 1 N–H and O–H groups in total. The van der Waals surface area contributed by atoms with Gasteiger partial charge in [-0.1, -0.05) is 11.6 Å². The van der Waals surface area contributed by atoms with Gasteiger partial charge in [-0.3, -0.25) is 14.5 Å². The normalized spacial score (nSPS) is 16.6. The van der Waals surface area contributed by atoms with Crippen LogP contribution in [0.2, 0.25) is 5.02 Å². The standard InChI is InChI=1S/C23H18ClF3N4O6S2/c1-14-21(32)31(17-4-8-18(9-5-17)38(34,35)23(25,26)27)22(33)30(14)13-15-10-11-28-12-20(15)29-39(36,37)19-6-2-16(24)3-7-19/h2-12,14,29H,13H2,1H3. The second kappa shape index (κ2) is 10.1. The molecule has 0 spiro atoms. The monoisotopic (exact) mass is 602 g/mol. The number of sulfonamides is 1. The molecule has 3 amide bonds. The molecule has 0 radical (unpaired) electrons. The topological polar surface area (TPSA) is 134 Å². The average molecular weight is 603 g/mol. The van der Waals surface area contributed by atoms with Gasteiger partial charge in [0.15, 0.2) is 0 Å². The number of urea groups is 1. The van der Waals surface area contributed by atoms with Gasteiger partial charge in [0.2, 0.25) is 0 Å². The van der Waals surface area contributed by atoms with Crippen molar-refractivity contribution in [3.05, 3.63) is 77.6 Å². The quantitative estimate of drug-likeness (QED) is 0.401. The van der Waals surface area contributed by atoms with Gasteiger partial charge in [0, 0.05) is 11.2 Å². The summed E-state index contributed by atoms with van der Waals surface area (Å²) in [5.74, 6) is -0.719. The zero-order valence-corrected chi connectivity index (χ0v) is 22.1. The van der Waals surface area contributed by atoms with E-state index in [1.165, 1.54) is 49.6 Å². The molecule has 206 valence electrons. The van der Waals surface area contributed by atoms with Gasteiger partial charge < -0.3 is 4.90 Å². The summed E-state index contributed by atoms with van der Waals surface area (Å²) in [6.07, 6.45) is 2.59. The summed E-state index contributed by atoms with van der Waals surface area (Å²) in [5.41, 5.74) is -5.32. The number of hydrogen-bond donors (Lipinski definition) is 1. The van der Waals surface area contributed by atoms with E-state index < -0.39 is 48.2 Å². The van der Waals surface area contributed by atoms with E-state index in [0.29, 0.717) is 27.6 Å². The lowest BCUT2D eigenvalue weighted by Gasteiger charge is -2.21. The van der Waals surface area contributed by atoms with E-state index in [1.807, 2.05) is 0 Å². The average Bonchev–Trinajstić information content (AvgIpc) is 3.07. The highest BCUT2D eigenvalue weighted by molar-refractivity contribution is 7.92. The van der Waals surface area contributed by atoms with E-state index in [0.717, 1.165) is 17.0 Å². The first kappa shape index (κ1) is 28.3. The lowest BCUT2D eigenvalue weighted by atomic mass is 10.2. The number of hydrogen-bond acceptors (Lipinski definition) is 7. The third kappa shape index (κ3) is 5.42. The Hall–Kier alpha value is -3.69. The Balaban J connectivity index is 1.59. The molecule has 39 heavy (non-hydrogen) atoms. The molecule has 1 atom stereocenters. The Bertz CT molecular complexity index is 1650. The van der Waals surface area contributed by atoms with E-state index in [9.17, 15) is 39.6 Å². The number of imide groups is 1. The highest BCUT2D eigenvalue weighted by Gasteiger charge is 2.47. The van der Waals surface area contributed by atoms with Crippen LogP contribution in [-0.4, -0.2) is 50.2 Å². The first-order chi connectivity index (χ1) is 18.1. The number of amides is 3. The number of sulfone groups is 1. The van der Waals surface area contributed by atoms with Gasteiger partial charge in [-0.15, -0.1) is 0 Å². The van der Waals surface area contributed by atoms with Crippen LogP contribution >= 0.6 is 11.6 Å². The molecule has 1 fully saturated rings. The van der Waals surface area contributed by atoms with Crippen molar-refractivity contribution in [1.29, 1.82) is 0 Å². The van der Waals surface area contributed by atoms with Crippen molar-refractivity contribution in [1.82, 2.24) is 9.88 Å². The summed E-state index contributed by atoms with van der Waals surface area (Å²) in [6, 6.07) is 8.11. The van der Waals surface area contributed by atoms with Crippen LogP contribution in [0.15, 0.2) is 76.8 Å². The number of halogens is 4. The zero-order valence-electron chi connectivity index (χ0n) is 19.8. The van der Waals surface area contributed by atoms with Crippen LogP contribution < -0.4 is 9.62 Å². The van der Waals surface area contributed by atoms with E-state index in [-0.39, 0.29) is 22.8 Å². The van der Waals surface area contributed by atoms with Crippen LogP contribution in [0.25, 0.3) is 0 Å². The molecule has 1 aliphatic heterocycles. The Morgan fingerprint density at radius 3 is 2.13 bits per heavy atom. The summed E-state index contributed by atoms with van der Waals surface area (Å²) >= 11 is 5.82. The summed E-state index contributed by atoms with van der Waals surface area (Å²) < 4.78 is 89.8. The number of nitrogens with zero attached hydrogens (tertiary/aromatic N) is 3. The summed E-state index contributed by atoms with van der Waals surface area (Å²) in [7, 11) is -9.68. The number of alkyl halides is 3. The van der Waals surface area contributed by atoms with Crippen LogP contribution in [0.1, 0.15) is 12.5 Å². The lowest BCUT2D eigenvalue weighted by Crippen LogP contribution is -2.33. The van der Waals surface area contributed by atoms with Crippen LogP contribution in [0.5, 0.6) is 0 Å². The number of carbonyl (C=O) groups is 2. The fraction of sp³-hybridized carbons (Fsp3) is 0.174. The second-order valence-electron chi connectivity index (χ2n) is 8.30. The Labute approximate surface area is 226 Å². The second-order valence-corrected chi connectivity index (χ2v) is 12.4. The molecule has 16 heteroatoms. The summed E-state index contributed by atoms with van der Waals surface area (Å²) in [5, 5.41) is 0.336. The van der Waals surface area contributed by atoms with E-state index in [1.54, 1.807) is 0 Å². The molecule has 0 saturated carbocycles. The molecule has 1 aliphatic rings. The smallest absolute Gasteiger partial charge is 0.308 e. The van der Waals surface area contributed by atoms with Gasteiger partial charge in [-0.2, -0.15) is 13.2 Å². The van der Waals surface area contributed by atoms with Crippen molar-refractivity contribution in [2.45, 2.75) is 34.8 Å². The molecular formula is C23H18ClF3N4O6S2. The molecular weight excluding hydrogens is 585 g/mol. The fourth-order valence-electron chi connectivity index (χ4n) is 3.71. The molecule has 1 aromatic heterocycles. The zero-order chi connectivity index (χ0) is 28.8. The van der Waals surface area contributed by atoms with Crippen LogP contribution in [-0.2, 0) is 31.2 Å². The molecule has 0 bridgehead atoms. The van der Waals surface area contributed by atoms with Gasteiger partial charge >= 0.3 is 11.5 Å². The molecule has 3 aromatic rings. The number of benzene rings is 2. The van der Waals surface area contributed by atoms with Gasteiger partial charge in [-0.05, 0) is 67.1 Å². The minimum atomic E-state index is -5.62.